The Balaban J connectivity index is 2.10. The standard InChI is InChI=1S/C14H16ClN3O4S/c1-10-7-13(17-22-10)16-14(19)9-18(23(2,20)21)8-11-5-3-4-6-12(11)15/h3-7H,8-9H2,1-2H3,(H,16,17,19). The highest BCUT2D eigenvalue weighted by molar-refractivity contribution is 7.88. The van der Waals surface area contributed by atoms with E-state index in [9.17, 15) is 13.2 Å². The van der Waals surface area contributed by atoms with Crippen LogP contribution in [0.2, 0.25) is 5.02 Å². The number of aromatic nitrogens is 1. The summed E-state index contributed by atoms with van der Waals surface area (Å²) in [5, 5.41) is 6.55. The maximum Gasteiger partial charge on any atom is 0.240 e. The van der Waals surface area contributed by atoms with Gasteiger partial charge >= 0.3 is 0 Å². The smallest absolute Gasteiger partial charge is 0.240 e. The van der Waals surface area contributed by atoms with Crippen LogP contribution in [0.5, 0.6) is 0 Å². The Bertz CT molecular complexity index is 804. The van der Waals surface area contributed by atoms with Gasteiger partial charge in [0.05, 0.1) is 12.8 Å². The Labute approximate surface area is 139 Å². The first-order valence-electron chi connectivity index (χ1n) is 6.67. The summed E-state index contributed by atoms with van der Waals surface area (Å²) in [4.78, 5) is 12.0. The van der Waals surface area contributed by atoms with E-state index in [1.54, 1.807) is 31.2 Å². The van der Waals surface area contributed by atoms with E-state index in [2.05, 4.69) is 10.5 Å². The van der Waals surface area contributed by atoms with E-state index in [1.165, 1.54) is 6.07 Å². The lowest BCUT2D eigenvalue weighted by Gasteiger charge is -2.19. The molecule has 1 amide bonds. The highest BCUT2D eigenvalue weighted by Crippen LogP contribution is 2.18. The first-order chi connectivity index (χ1) is 10.8. The highest BCUT2D eigenvalue weighted by Gasteiger charge is 2.22. The molecule has 0 atom stereocenters. The van der Waals surface area contributed by atoms with Crippen molar-refractivity contribution < 1.29 is 17.7 Å². The molecule has 9 heteroatoms. The van der Waals surface area contributed by atoms with Crippen LogP contribution in [0.1, 0.15) is 11.3 Å². The number of amides is 1. The number of carbonyl (C=O) groups is 1. The molecule has 0 aliphatic heterocycles. The minimum absolute atomic E-state index is 0.00374. The van der Waals surface area contributed by atoms with Gasteiger partial charge in [-0.3, -0.25) is 4.79 Å². The molecule has 0 saturated heterocycles. The Morgan fingerprint density at radius 2 is 2.09 bits per heavy atom. The van der Waals surface area contributed by atoms with Crippen molar-refractivity contribution in [3.63, 3.8) is 0 Å². The molecular weight excluding hydrogens is 342 g/mol. The molecule has 0 fully saturated rings. The molecule has 1 aromatic heterocycles. The van der Waals surface area contributed by atoms with E-state index in [-0.39, 0.29) is 18.9 Å². The number of hydrogen-bond donors (Lipinski definition) is 1. The molecule has 0 aliphatic carbocycles. The predicted molar refractivity (Wildman–Crippen MR) is 86.6 cm³/mol. The normalized spacial score (nSPS) is 11.7. The van der Waals surface area contributed by atoms with Gasteiger partial charge in [-0.15, -0.1) is 0 Å². The van der Waals surface area contributed by atoms with Gasteiger partial charge in [0.2, 0.25) is 15.9 Å². The summed E-state index contributed by atoms with van der Waals surface area (Å²) in [6, 6.07) is 8.40. The second kappa shape index (κ2) is 7.12. The lowest BCUT2D eigenvalue weighted by atomic mass is 10.2. The highest BCUT2D eigenvalue weighted by atomic mass is 35.5. The van der Waals surface area contributed by atoms with E-state index in [0.29, 0.717) is 16.3 Å². The summed E-state index contributed by atoms with van der Waals surface area (Å²) >= 11 is 6.04. The molecule has 0 radical (unpaired) electrons. The number of nitrogens with zero attached hydrogens (tertiary/aromatic N) is 2. The number of anilines is 1. The molecule has 2 rings (SSSR count). The predicted octanol–water partition coefficient (Wildman–Crippen LogP) is 2.04. The van der Waals surface area contributed by atoms with Gasteiger partial charge in [-0.1, -0.05) is 35.0 Å². The van der Waals surface area contributed by atoms with Gasteiger partial charge in [0, 0.05) is 17.6 Å². The van der Waals surface area contributed by atoms with Gasteiger partial charge < -0.3 is 9.84 Å². The fourth-order valence-electron chi connectivity index (χ4n) is 1.87. The summed E-state index contributed by atoms with van der Waals surface area (Å²) in [6.07, 6.45) is 1.04. The lowest BCUT2D eigenvalue weighted by Crippen LogP contribution is -2.37. The van der Waals surface area contributed by atoms with Gasteiger partial charge in [-0.25, -0.2) is 8.42 Å². The molecule has 23 heavy (non-hydrogen) atoms. The van der Waals surface area contributed by atoms with Crippen molar-refractivity contribution in [1.29, 1.82) is 0 Å². The first kappa shape index (κ1) is 17.5. The van der Waals surface area contributed by atoms with Crippen LogP contribution in [-0.4, -0.2) is 36.6 Å². The second-order valence-electron chi connectivity index (χ2n) is 4.99. The van der Waals surface area contributed by atoms with Crippen molar-refractivity contribution in [2.45, 2.75) is 13.5 Å². The van der Waals surface area contributed by atoms with E-state index >= 15 is 0 Å². The maximum atomic E-state index is 12.0. The van der Waals surface area contributed by atoms with Crippen LogP contribution in [0.15, 0.2) is 34.9 Å². The summed E-state index contributed by atoms with van der Waals surface area (Å²) < 4.78 is 29.7. The zero-order valence-electron chi connectivity index (χ0n) is 12.6. The van der Waals surface area contributed by atoms with Gasteiger partial charge in [-0.2, -0.15) is 4.31 Å². The van der Waals surface area contributed by atoms with Crippen molar-refractivity contribution >= 4 is 33.3 Å². The van der Waals surface area contributed by atoms with Crippen LogP contribution < -0.4 is 5.32 Å². The number of carbonyl (C=O) groups excluding carboxylic acids is 1. The van der Waals surface area contributed by atoms with E-state index in [4.69, 9.17) is 16.1 Å². The topological polar surface area (TPSA) is 92.5 Å². The van der Waals surface area contributed by atoms with Crippen molar-refractivity contribution in [3.8, 4) is 0 Å². The molecule has 7 nitrogen and oxygen atoms in total. The average molecular weight is 358 g/mol. The van der Waals surface area contributed by atoms with Gasteiger partial charge in [0.1, 0.15) is 5.76 Å². The minimum atomic E-state index is -3.59. The number of aryl methyl sites for hydroxylation is 1. The van der Waals surface area contributed by atoms with Crippen LogP contribution in [0, 0.1) is 6.92 Å². The summed E-state index contributed by atoms with van der Waals surface area (Å²) in [7, 11) is -3.59. The molecule has 2 aromatic rings. The fourth-order valence-corrected chi connectivity index (χ4v) is 2.80. The summed E-state index contributed by atoms with van der Waals surface area (Å²) in [6.45, 7) is 1.34. The van der Waals surface area contributed by atoms with E-state index < -0.39 is 15.9 Å². The number of hydrogen-bond acceptors (Lipinski definition) is 5. The molecule has 0 bridgehead atoms. The molecule has 1 heterocycles. The zero-order chi connectivity index (χ0) is 17.0. The quantitative estimate of drug-likeness (QED) is 0.854. The van der Waals surface area contributed by atoms with E-state index in [0.717, 1.165) is 10.6 Å². The van der Waals surface area contributed by atoms with Crippen LogP contribution in [0.25, 0.3) is 0 Å². The molecule has 124 valence electrons. The van der Waals surface area contributed by atoms with Crippen molar-refractivity contribution in [2.75, 3.05) is 18.1 Å². The SMILES string of the molecule is Cc1cc(NC(=O)CN(Cc2ccccc2Cl)S(C)(=O)=O)no1. The number of halogens is 1. The van der Waals surface area contributed by atoms with Gasteiger partial charge in [0.15, 0.2) is 5.82 Å². The van der Waals surface area contributed by atoms with Crippen LogP contribution in [-0.2, 0) is 21.4 Å². The van der Waals surface area contributed by atoms with Gasteiger partial charge in [0.25, 0.3) is 0 Å². The first-order valence-corrected chi connectivity index (χ1v) is 8.90. The lowest BCUT2D eigenvalue weighted by molar-refractivity contribution is -0.116. The third-order valence-electron chi connectivity index (χ3n) is 2.99. The Morgan fingerprint density at radius 3 is 2.65 bits per heavy atom. The third-order valence-corrected chi connectivity index (χ3v) is 4.55. The molecule has 0 unspecified atom stereocenters. The maximum absolute atomic E-state index is 12.0. The van der Waals surface area contributed by atoms with Gasteiger partial charge in [-0.05, 0) is 18.6 Å². The number of nitrogens with one attached hydrogen (secondary N) is 1. The zero-order valence-corrected chi connectivity index (χ0v) is 14.2. The van der Waals surface area contributed by atoms with Crippen molar-refractivity contribution in [2.24, 2.45) is 0 Å². The number of benzene rings is 1. The Hall–Kier alpha value is -1.90. The Kier molecular flexibility index (Phi) is 5.40. The molecule has 0 saturated carbocycles. The molecular formula is C14H16ClN3O4S. The number of rotatable bonds is 6. The Morgan fingerprint density at radius 1 is 1.39 bits per heavy atom. The monoisotopic (exact) mass is 357 g/mol. The molecule has 1 N–H and O–H groups in total. The fraction of sp³-hybridized carbons (Fsp3) is 0.286. The third kappa shape index (κ3) is 5.05. The minimum Gasteiger partial charge on any atom is -0.360 e. The average Bonchev–Trinajstić information content (AvgIpc) is 2.84. The summed E-state index contributed by atoms with van der Waals surface area (Å²) in [5.41, 5.74) is 0.615. The van der Waals surface area contributed by atoms with Crippen LogP contribution in [0.4, 0.5) is 5.82 Å². The van der Waals surface area contributed by atoms with Crippen molar-refractivity contribution in [1.82, 2.24) is 9.46 Å². The largest absolute Gasteiger partial charge is 0.360 e. The molecule has 0 aliphatic rings. The second-order valence-corrected chi connectivity index (χ2v) is 7.38. The van der Waals surface area contributed by atoms with Crippen LogP contribution >= 0.6 is 11.6 Å². The molecule has 0 spiro atoms. The summed E-state index contributed by atoms with van der Waals surface area (Å²) in [5.74, 6) is 0.255. The van der Waals surface area contributed by atoms with E-state index in [1.807, 2.05) is 0 Å². The number of sulfonamides is 1. The van der Waals surface area contributed by atoms with Crippen LogP contribution in [0.3, 0.4) is 0 Å². The van der Waals surface area contributed by atoms with Crippen molar-refractivity contribution in [3.05, 3.63) is 46.7 Å². The molecule has 1 aromatic carbocycles.